The van der Waals surface area contributed by atoms with Gasteiger partial charge in [0.15, 0.2) is 0 Å². The zero-order valence-corrected chi connectivity index (χ0v) is 15.1. The molecule has 0 radical (unpaired) electrons. The average Bonchev–Trinajstić information content (AvgIpc) is 3.12. The van der Waals surface area contributed by atoms with E-state index in [9.17, 15) is 4.79 Å². The number of benzene rings is 2. The molecule has 0 saturated heterocycles. The Morgan fingerprint density at radius 1 is 1.12 bits per heavy atom. The van der Waals surface area contributed by atoms with Crippen molar-refractivity contribution in [1.29, 1.82) is 0 Å². The van der Waals surface area contributed by atoms with E-state index < -0.39 is 0 Å². The van der Waals surface area contributed by atoms with Gasteiger partial charge in [-0.25, -0.2) is 0 Å². The molecule has 0 amide bonds. The van der Waals surface area contributed by atoms with Crippen molar-refractivity contribution in [3.05, 3.63) is 53.6 Å². The Balaban J connectivity index is 1.67. The first-order valence-corrected chi connectivity index (χ1v) is 8.32. The third kappa shape index (κ3) is 4.37. The van der Waals surface area contributed by atoms with E-state index in [1.165, 1.54) is 11.9 Å². The Morgan fingerprint density at radius 2 is 1.73 bits per heavy atom. The minimum atomic E-state index is -0.350. The molecule has 0 unspecified atom stereocenters. The van der Waals surface area contributed by atoms with E-state index in [0.29, 0.717) is 28.9 Å². The van der Waals surface area contributed by atoms with Crippen LogP contribution < -0.4 is 4.74 Å². The van der Waals surface area contributed by atoms with Crippen molar-refractivity contribution in [3.8, 4) is 22.9 Å². The molecule has 7 nitrogen and oxygen atoms in total. The lowest BCUT2D eigenvalue weighted by Crippen LogP contribution is -2.20. The molecule has 0 aliphatic rings. The lowest BCUT2D eigenvalue weighted by Gasteiger charge is -2.07. The molecule has 3 aromatic rings. The monoisotopic (exact) mass is 372 g/mol. The van der Waals surface area contributed by atoms with Crippen LogP contribution in [0.25, 0.3) is 11.4 Å². The van der Waals surface area contributed by atoms with Gasteiger partial charge >= 0.3 is 5.97 Å². The highest BCUT2D eigenvalue weighted by atomic mass is 35.5. The maximum Gasteiger partial charge on any atom is 0.310 e. The van der Waals surface area contributed by atoms with Crippen LogP contribution in [-0.2, 0) is 16.1 Å². The Bertz CT molecular complexity index is 878. The number of esters is 1. The van der Waals surface area contributed by atoms with Gasteiger partial charge in [0.25, 0.3) is 0 Å². The zero-order valence-electron chi connectivity index (χ0n) is 14.3. The van der Waals surface area contributed by atoms with Crippen molar-refractivity contribution >= 4 is 17.6 Å². The summed E-state index contributed by atoms with van der Waals surface area (Å²) in [6, 6.07) is 14.5. The van der Waals surface area contributed by atoms with Crippen molar-refractivity contribution in [2.24, 2.45) is 5.92 Å². The topological polar surface area (TPSA) is 79.1 Å². The van der Waals surface area contributed by atoms with E-state index >= 15 is 0 Å². The van der Waals surface area contributed by atoms with Gasteiger partial charge < -0.3 is 9.47 Å². The fraction of sp³-hybridized carbons (Fsp3) is 0.222. The van der Waals surface area contributed by atoms with E-state index in [-0.39, 0.29) is 11.9 Å². The van der Waals surface area contributed by atoms with Gasteiger partial charge in [0.2, 0.25) is 5.82 Å². The van der Waals surface area contributed by atoms with Crippen molar-refractivity contribution in [2.45, 2.75) is 13.5 Å². The fourth-order valence-electron chi connectivity index (χ4n) is 2.27. The van der Waals surface area contributed by atoms with E-state index in [2.05, 4.69) is 15.4 Å². The Morgan fingerprint density at radius 3 is 2.35 bits per heavy atom. The summed E-state index contributed by atoms with van der Waals surface area (Å²) in [5.74, 6) is 1.19. The summed E-state index contributed by atoms with van der Waals surface area (Å²) in [5.41, 5.74) is 0.797. The number of nitrogens with zero attached hydrogens (tertiary/aromatic N) is 4. The highest BCUT2D eigenvalue weighted by Gasteiger charge is 2.16. The number of methoxy groups -OCH3 is 1. The summed E-state index contributed by atoms with van der Waals surface area (Å²) in [5, 5.41) is 12.9. The van der Waals surface area contributed by atoms with Crippen LogP contribution in [0.5, 0.6) is 11.5 Å². The van der Waals surface area contributed by atoms with Gasteiger partial charge in [0.1, 0.15) is 11.5 Å². The van der Waals surface area contributed by atoms with Crippen molar-refractivity contribution in [3.63, 3.8) is 0 Å². The second-order valence-electron chi connectivity index (χ2n) is 5.67. The molecule has 0 N–H and O–H groups in total. The van der Waals surface area contributed by atoms with Gasteiger partial charge in [0, 0.05) is 10.6 Å². The number of carbonyl (C=O) groups excluding carboxylic acids is 1. The van der Waals surface area contributed by atoms with Crippen LogP contribution in [0.2, 0.25) is 5.02 Å². The first kappa shape index (κ1) is 17.9. The average molecular weight is 373 g/mol. The summed E-state index contributed by atoms with van der Waals surface area (Å²) in [6.45, 7) is 2.05. The molecule has 3 rings (SSSR count). The van der Waals surface area contributed by atoms with Gasteiger partial charge in [0.05, 0.1) is 19.6 Å². The maximum atomic E-state index is 11.5. The molecule has 1 atom stereocenters. The SMILES string of the molecule is COC(=O)[C@@H](C)Cn1nnc(-c2ccc(Oc3ccc(Cl)cc3)cc2)n1. The predicted molar refractivity (Wildman–Crippen MR) is 96.0 cm³/mol. The van der Waals surface area contributed by atoms with Crippen molar-refractivity contribution < 1.29 is 14.3 Å². The molecule has 1 aromatic heterocycles. The highest BCUT2D eigenvalue weighted by molar-refractivity contribution is 6.30. The summed E-state index contributed by atoms with van der Waals surface area (Å²) < 4.78 is 10.4. The number of ether oxygens (including phenoxy) is 2. The van der Waals surface area contributed by atoms with Crippen LogP contribution in [0.15, 0.2) is 48.5 Å². The molecule has 0 aliphatic carbocycles. The summed E-state index contributed by atoms with van der Waals surface area (Å²) in [4.78, 5) is 12.9. The largest absolute Gasteiger partial charge is 0.469 e. The summed E-state index contributed by atoms with van der Waals surface area (Å²) >= 11 is 5.86. The second kappa shape index (κ2) is 7.97. The second-order valence-corrected chi connectivity index (χ2v) is 6.11. The number of hydrogen-bond donors (Lipinski definition) is 0. The highest BCUT2D eigenvalue weighted by Crippen LogP contribution is 2.25. The summed E-state index contributed by atoms with van der Waals surface area (Å²) in [7, 11) is 1.35. The molecule has 2 aromatic carbocycles. The zero-order chi connectivity index (χ0) is 18.5. The van der Waals surface area contributed by atoms with Crippen molar-refractivity contribution in [2.75, 3.05) is 7.11 Å². The van der Waals surface area contributed by atoms with Crippen LogP contribution in [0.1, 0.15) is 6.92 Å². The normalized spacial score (nSPS) is 11.8. The van der Waals surface area contributed by atoms with Gasteiger partial charge in [-0.2, -0.15) is 4.80 Å². The number of rotatable bonds is 6. The molecule has 8 heteroatoms. The van der Waals surface area contributed by atoms with Gasteiger partial charge in [-0.1, -0.05) is 18.5 Å². The molecule has 0 fully saturated rings. The first-order valence-electron chi connectivity index (χ1n) is 7.94. The lowest BCUT2D eigenvalue weighted by molar-refractivity contribution is -0.145. The smallest absolute Gasteiger partial charge is 0.310 e. The molecule has 0 bridgehead atoms. The fourth-order valence-corrected chi connectivity index (χ4v) is 2.39. The van der Waals surface area contributed by atoms with Crippen LogP contribution in [0.4, 0.5) is 0 Å². The van der Waals surface area contributed by atoms with Gasteiger partial charge in [-0.3, -0.25) is 4.79 Å². The minimum absolute atomic E-state index is 0.303. The quantitative estimate of drug-likeness (QED) is 0.615. The third-order valence-corrected chi connectivity index (χ3v) is 3.91. The van der Waals surface area contributed by atoms with Crippen LogP contribution >= 0.6 is 11.6 Å². The van der Waals surface area contributed by atoms with E-state index in [1.54, 1.807) is 31.2 Å². The summed E-state index contributed by atoms with van der Waals surface area (Å²) in [6.07, 6.45) is 0. The standard InChI is InChI=1S/C18H17ClN4O3/c1-12(18(24)25-2)11-23-21-17(20-22-23)13-3-7-15(8-4-13)26-16-9-5-14(19)6-10-16/h3-10,12H,11H2,1-2H3/t12-/m0/s1. The van der Waals surface area contributed by atoms with Crippen LogP contribution in [0.3, 0.4) is 0 Å². The Hall–Kier alpha value is -2.93. The molecular weight excluding hydrogens is 356 g/mol. The first-order chi connectivity index (χ1) is 12.5. The number of hydrogen-bond acceptors (Lipinski definition) is 6. The number of halogens is 1. The number of carbonyl (C=O) groups is 1. The number of aromatic nitrogens is 4. The molecule has 0 aliphatic heterocycles. The molecule has 0 spiro atoms. The molecule has 0 saturated carbocycles. The Labute approximate surface area is 155 Å². The van der Waals surface area contributed by atoms with E-state index in [0.717, 1.165) is 5.56 Å². The van der Waals surface area contributed by atoms with Gasteiger partial charge in [-0.15, -0.1) is 10.2 Å². The van der Waals surface area contributed by atoms with Crippen LogP contribution in [-0.4, -0.2) is 33.3 Å². The molecular formula is C18H17ClN4O3. The predicted octanol–water partition coefficient (Wildman–Crippen LogP) is 3.59. The molecule has 134 valence electrons. The van der Waals surface area contributed by atoms with Gasteiger partial charge in [-0.05, 0) is 53.7 Å². The van der Waals surface area contributed by atoms with E-state index in [1.807, 2.05) is 24.3 Å². The number of tetrazole rings is 1. The molecule has 26 heavy (non-hydrogen) atoms. The lowest BCUT2D eigenvalue weighted by atomic mass is 10.2. The third-order valence-electron chi connectivity index (χ3n) is 3.66. The van der Waals surface area contributed by atoms with Crippen molar-refractivity contribution in [1.82, 2.24) is 20.2 Å². The molecule has 1 heterocycles. The van der Waals surface area contributed by atoms with E-state index in [4.69, 9.17) is 21.1 Å². The van der Waals surface area contributed by atoms with Crippen LogP contribution in [0, 0.1) is 5.92 Å². The minimum Gasteiger partial charge on any atom is -0.469 e. The Kier molecular flexibility index (Phi) is 5.48. The maximum absolute atomic E-state index is 11.5.